The Morgan fingerprint density at radius 1 is 1.26 bits per heavy atom. The number of piperazine rings is 1. The third-order valence-electron chi connectivity index (χ3n) is 4.03. The number of hydrogen-bond acceptors (Lipinski definition) is 5. The number of primary amides is 1. The summed E-state index contributed by atoms with van der Waals surface area (Å²) in [5.41, 5.74) is 5.18. The van der Waals surface area contributed by atoms with Crippen LogP contribution in [-0.4, -0.2) is 73.4 Å². The maximum atomic E-state index is 11.9. The van der Waals surface area contributed by atoms with E-state index in [0.717, 1.165) is 32.1 Å². The summed E-state index contributed by atoms with van der Waals surface area (Å²) in [7, 11) is 1.72. The molecule has 1 aliphatic heterocycles. The van der Waals surface area contributed by atoms with E-state index in [1.54, 1.807) is 19.2 Å². The van der Waals surface area contributed by atoms with Gasteiger partial charge in [-0.2, -0.15) is 0 Å². The van der Waals surface area contributed by atoms with E-state index in [9.17, 15) is 9.59 Å². The van der Waals surface area contributed by atoms with Crippen LogP contribution >= 0.6 is 24.0 Å². The number of hydrogen-bond donors (Lipinski definition) is 3. The van der Waals surface area contributed by atoms with Gasteiger partial charge in [0.15, 0.2) is 11.7 Å². The molecule has 1 aliphatic rings. The van der Waals surface area contributed by atoms with Crippen molar-refractivity contribution in [2.75, 3.05) is 39.8 Å². The van der Waals surface area contributed by atoms with Crippen LogP contribution in [0, 0.1) is 0 Å². The zero-order valence-electron chi connectivity index (χ0n) is 16.0. The van der Waals surface area contributed by atoms with Gasteiger partial charge in [0.2, 0.25) is 5.91 Å². The number of furan rings is 1. The Bertz CT molecular complexity index is 653. The topological polar surface area (TPSA) is 116 Å². The molecule has 0 unspecified atom stereocenters. The van der Waals surface area contributed by atoms with E-state index >= 15 is 0 Å². The normalized spacial score (nSPS) is 15.4. The fourth-order valence-electron chi connectivity index (χ4n) is 2.79. The lowest BCUT2D eigenvalue weighted by atomic mass is 10.3. The van der Waals surface area contributed by atoms with Crippen LogP contribution in [0.15, 0.2) is 21.5 Å². The van der Waals surface area contributed by atoms with Gasteiger partial charge < -0.3 is 25.7 Å². The minimum atomic E-state index is -0.585. The van der Waals surface area contributed by atoms with E-state index in [2.05, 4.69) is 25.4 Å². The lowest BCUT2D eigenvalue weighted by molar-refractivity contribution is -0.123. The number of nitrogens with one attached hydrogen (secondary N) is 2. The van der Waals surface area contributed by atoms with Crippen molar-refractivity contribution in [3.05, 3.63) is 23.7 Å². The molecule has 0 aliphatic carbocycles. The van der Waals surface area contributed by atoms with Crippen molar-refractivity contribution < 1.29 is 14.0 Å². The van der Waals surface area contributed by atoms with Gasteiger partial charge in [-0.05, 0) is 26.0 Å². The molecule has 27 heavy (non-hydrogen) atoms. The van der Waals surface area contributed by atoms with Crippen LogP contribution in [0.25, 0.3) is 0 Å². The number of aliphatic imine (C=N–C) groups is 1. The summed E-state index contributed by atoms with van der Waals surface area (Å²) in [5, 5.41) is 6.13. The molecular weight excluding hydrogens is 463 g/mol. The Labute approximate surface area is 176 Å². The lowest BCUT2D eigenvalue weighted by Gasteiger charge is -2.36. The third-order valence-corrected chi connectivity index (χ3v) is 4.03. The highest BCUT2D eigenvalue weighted by atomic mass is 127. The number of rotatable bonds is 6. The number of nitrogens with zero attached hydrogens (tertiary/aromatic N) is 3. The molecule has 2 heterocycles. The van der Waals surface area contributed by atoms with E-state index < -0.39 is 5.91 Å². The first-order valence-corrected chi connectivity index (χ1v) is 8.75. The average molecular weight is 492 g/mol. The van der Waals surface area contributed by atoms with Crippen molar-refractivity contribution in [1.82, 2.24) is 20.4 Å². The molecule has 0 spiro atoms. The van der Waals surface area contributed by atoms with E-state index in [4.69, 9.17) is 10.2 Å². The first-order chi connectivity index (χ1) is 12.4. The van der Waals surface area contributed by atoms with Gasteiger partial charge >= 0.3 is 0 Å². The highest BCUT2D eigenvalue weighted by Gasteiger charge is 2.21. The SMILES string of the molecule is CN=C(NCc1ccc(C(N)=O)o1)N1CCN(CC(=O)NC(C)C)CC1.I. The summed E-state index contributed by atoms with van der Waals surface area (Å²) in [6, 6.07) is 3.43. The van der Waals surface area contributed by atoms with Gasteiger partial charge in [-0.15, -0.1) is 24.0 Å². The van der Waals surface area contributed by atoms with Gasteiger partial charge in [0, 0.05) is 39.3 Å². The molecule has 9 nitrogen and oxygen atoms in total. The number of carbonyl (C=O) groups is 2. The quantitative estimate of drug-likeness (QED) is 0.297. The van der Waals surface area contributed by atoms with Crippen LogP contribution in [0.1, 0.15) is 30.2 Å². The summed E-state index contributed by atoms with van der Waals surface area (Å²) in [4.78, 5) is 31.5. The summed E-state index contributed by atoms with van der Waals surface area (Å²) in [6.45, 7) is 7.88. The zero-order valence-corrected chi connectivity index (χ0v) is 18.4. The Morgan fingerprint density at radius 3 is 2.44 bits per heavy atom. The second kappa shape index (κ2) is 11.1. The molecule has 2 rings (SSSR count). The molecule has 1 saturated heterocycles. The number of amides is 2. The largest absolute Gasteiger partial charge is 0.454 e. The summed E-state index contributed by atoms with van der Waals surface area (Å²) in [6.07, 6.45) is 0. The standard InChI is InChI=1S/C17H28N6O3.HI/c1-12(2)21-15(24)11-22-6-8-23(9-7-22)17(19-3)20-10-13-4-5-14(26-13)16(18)25;/h4-5,12H,6-11H2,1-3H3,(H2,18,25)(H,19,20)(H,21,24);1H. The number of guanidine groups is 1. The number of nitrogens with two attached hydrogens (primary N) is 1. The fraction of sp³-hybridized carbons (Fsp3) is 0.588. The Balaban J connectivity index is 0.00000364. The van der Waals surface area contributed by atoms with E-state index in [1.165, 1.54) is 0 Å². The molecule has 0 saturated carbocycles. The predicted octanol–water partition coefficient (Wildman–Crippen LogP) is 0.214. The van der Waals surface area contributed by atoms with Crippen LogP contribution in [0.3, 0.4) is 0 Å². The number of carbonyl (C=O) groups excluding carboxylic acids is 2. The van der Waals surface area contributed by atoms with E-state index in [0.29, 0.717) is 18.8 Å². The van der Waals surface area contributed by atoms with Crippen molar-refractivity contribution in [3.63, 3.8) is 0 Å². The van der Waals surface area contributed by atoms with Gasteiger partial charge in [-0.3, -0.25) is 19.5 Å². The van der Waals surface area contributed by atoms with Crippen molar-refractivity contribution in [2.45, 2.75) is 26.4 Å². The first kappa shape index (κ1) is 23.2. The third kappa shape index (κ3) is 7.37. The van der Waals surface area contributed by atoms with E-state index in [-0.39, 0.29) is 41.7 Å². The van der Waals surface area contributed by atoms with Crippen LogP contribution in [0.5, 0.6) is 0 Å². The highest BCUT2D eigenvalue weighted by Crippen LogP contribution is 2.08. The summed E-state index contributed by atoms with van der Waals surface area (Å²) in [5.74, 6) is 0.986. The smallest absolute Gasteiger partial charge is 0.284 e. The van der Waals surface area contributed by atoms with Crippen molar-refractivity contribution in [1.29, 1.82) is 0 Å². The Morgan fingerprint density at radius 2 is 1.93 bits per heavy atom. The zero-order chi connectivity index (χ0) is 19.1. The maximum absolute atomic E-state index is 11.9. The van der Waals surface area contributed by atoms with Gasteiger partial charge in [0.25, 0.3) is 5.91 Å². The molecule has 152 valence electrons. The molecular formula is C17H29IN6O3. The molecule has 1 aromatic rings. The lowest BCUT2D eigenvalue weighted by Crippen LogP contribution is -2.54. The van der Waals surface area contributed by atoms with Crippen LogP contribution in [-0.2, 0) is 11.3 Å². The monoisotopic (exact) mass is 492 g/mol. The first-order valence-electron chi connectivity index (χ1n) is 8.75. The van der Waals surface area contributed by atoms with Gasteiger partial charge in [-0.25, -0.2) is 0 Å². The van der Waals surface area contributed by atoms with Gasteiger partial charge in [0.05, 0.1) is 13.1 Å². The minimum Gasteiger partial charge on any atom is -0.454 e. The highest BCUT2D eigenvalue weighted by molar-refractivity contribution is 14.0. The molecule has 0 atom stereocenters. The Hall–Kier alpha value is -1.82. The van der Waals surface area contributed by atoms with Crippen molar-refractivity contribution in [3.8, 4) is 0 Å². The fourth-order valence-corrected chi connectivity index (χ4v) is 2.79. The Kier molecular flexibility index (Phi) is 9.56. The van der Waals surface area contributed by atoms with Gasteiger partial charge in [-0.1, -0.05) is 0 Å². The molecule has 0 radical (unpaired) electrons. The average Bonchev–Trinajstić information content (AvgIpc) is 3.05. The van der Waals surface area contributed by atoms with Crippen molar-refractivity contribution >= 4 is 41.8 Å². The molecule has 0 bridgehead atoms. The molecule has 4 N–H and O–H groups in total. The second-order valence-electron chi connectivity index (χ2n) is 6.52. The summed E-state index contributed by atoms with van der Waals surface area (Å²) < 4.78 is 5.36. The van der Waals surface area contributed by atoms with E-state index in [1.807, 2.05) is 13.8 Å². The van der Waals surface area contributed by atoms with Crippen LogP contribution in [0.4, 0.5) is 0 Å². The number of halogens is 1. The van der Waals surface area contributed by atoms with Crippen molar-refractivity contribution in [2.24, 2.45) is 10.7 Å². The summed E-state index contributed by atoms with van der Waals surface area (Å²) >= 11 is 0. The van der Waals surface area contributed by atoms with Gasteiger partial charge in [0.1, 0.15) is 5.76 Å². The molecule has 10 heteroatoms. The molecule has 0 aromatic carbocycles. The van der Waals surface area contributed by atoms with Crippen LogP contribution < -0.4 is 16.4 Å². The maximum Gasteiger partial charge on any atom is 0.284 e. The minimum absolute atomic E-state index is 0. The predicted molar refractivity (Wildman–Crippen MR) is 114 cm³/mol. The molecule has 1 fully saturated rings. The molecule has 2 amide bonds. The van der Waals surface area contributed by atoms with Crippen LogP contribution in [0.2, 0.25) is 0 Å². The molecule has 1 aromatic heterocycles. The second-order valence-corrected chi connectivity index (χ2v) is 6.52.